The van der Waals surface area contributed by atoms with Crippen molar-refractivity contribution in [2.45, 2.75) is 102 Å². The maximum Gasteiger partial charge on any atom is 0.330 e. The molecule has 12 aliphatic carbocycles. The number of carbonyl (C=O) groups is 16. The number of imide groups is 4. The van der Waals surface area contributed by atoms with E-state index in [4.69, 9.17) is 26.2 Å². The molecule has 0 aromatic rings. The Labute approximate surface area is 528 Å². The number of methoxy groups -OCH3 is 3. The van der Waals surface area contributed by atoms with Crippen LogP contribution in [0.4, 0.5) is 63.1 Å². The molecule has 16 fully saturated rings. The minimum atomic E-state index is -3.53. The SMILES string of the molecule is COC(=O)C1C2CC(F)(F)C3(NC(=O)NC3=O)C21.COC(=O)C1C2CC(F)(F)C3(NC(=O)NC3=O)C21.COC(=O)C1C2CCC(=O)C21.NC1(C(=O)O)C2C(CC1(F)F)C2C(=O)O.O=C1NC(=O)C2(N1)C1C(CC2(F)F)C1C(=O)O.O=C1NC(=O)C2(N1)C1C(CC2(F)F)C1C(=O)O. The number of carboxylic acids is 4. The molecule has 23 atom stereocenters. The molecule has 4 saturated heterocycles. The number of amides is 12. The van der Waals surface area contributed by atoms with Gasteiger partial charge >= 0.3 is 65.9 Å². The highest BCUT2D eigenvalue weighted by Gasteiger charge is 2.88. The summed E-state index contributed by atoms with van der Waals surface area (Å²) in [4.78, 5) is 179. The lowest BCUT2D eigenvalue weighted by molar-refractivity contribution is -0.163. The van der Waals surface area contributed by atoms with Crippen molar-refractivity contribution in [2.75, 3.05) is 21.3 Å². The normalized spacial score (nSPS) is 44.1. The average molecular weight is 1390 g/mol. The van der Waals surface area contributed by atoms with Crippen LogP contribution < -0.4 is 48.3 Å². The summed E-state index contributed by atoms with van der Waals surface area (Å²) in [6, 6.07) is -3.88. The highest BCUT2D eigenvalue weighted by atomic mass is 19.3. The van der Waals surface area contributed by atoms with E-state index in [9.17, 15) is 121 Å². The lowest BCUT2D eigenvalue weighted by atomic mass is 9.87. The molecule has 0 aromatic carbocycles. The van der Waals surface area contributed by atoms with Crippen molar-refractivity contribution in [1.29, 1.82) is 0 Å². The zero-order valence-electron chi connectivity index (χ0n) is 49.2. The molecule has 12 amide bonds. The number of Topliss-reactive ketones (excluding diaryl/α,β-unsaturated/α-hetero) is 1. The number of ether oxygens (including phenoxy) is 3. The van der Waals surface area contributed by atoms with Gasteiger partial charge in [0.05, 0.1) is 56.8 Å². The maximum atomic E-state index is 13.9. The Morgan fingerprint density at radius 1 is 0.385 bits per heavy atom. The van der Waals surface area contributed by atoms with Crippen molar-refractivity contribution in [1.82, 2.24) is 42.5 Å². The molecule has 0 radical (unpaired) electrons. The summed E-state index contributed by atoms with van der Waals surface area (Å²) in [6.07, 6.45) is -1.73. The van der Waals surface area contributed by atoms with Crippen molar-refractivity contribution in [3.05, 3.63) is 0 Å². The van der Waals surface area contributed by atoms with Crippen LogP contribution in [0.2, 0.25) is 0 Å². The number of alkyl halides is 10. The summed E-state index contributed by atoms with van der Waals surface area (Å²) in [5, 5.41) is 50.1. The van der Waals surface area contributed by atoms with E-state index in [1.165, 1.54) is 7.11 Å². The van der Waals surface area contributed by atoms with E-state index in [2.05, 4.69) is 14.2 Å². The van der Waals surface area contributed by atoms with Crippen LogP contribution in [0, 0.1) is 107 Å². The number of aliphatic carboxylic acids is 4. The topological polar surface area (TPSA) is 504 Å². The fourth-order valence-corrected chi connectivity index (χ4v) is 17.8. The van der Waals surface area contributed by atoms with Gasteiger partial charge in [-0.05, 0) is 41.9 Å². The van der Waals surface area contributed by atoms with Gasteiger partial charge in [0.1, 0.15) is 5.78 Å². The second-order valence-corrected chi connectivity index (χ2v) is 26.5. The maximum absolute atomic E-state index is 13.9. The van der Waals surface area contributed by atoms with Crippen molar-refractivity contribution in [3.63, 3.8) is 0 Å². The Morgan fingerprint density at radius 2 is 0.635 bits per heavy atom. The third kappa shape index (κ3) is 9.15. The smallest absolute Gasteiger partial charge is 0.330 e. The summed E-state index contributed by atoms with van der Waals surface area (Å²) in [7, 11) is 3.70. The van der Waals surface area contributed by atoms with Crippen molar-refractivity contribution >= 4 is 95.3 Å². The quantitative estimate of drug-likeness (QED) is 0.0598. The van der Waals surface area contributed by atoms with Crippen LogP contribution in [-0.4, -0.2) is 194 Å². The third-order valence-electron chi connectivity index (χ3n) is 22.2. The second-order valence-electron chi connectivity index (χ2n) is 26.5. The third-order valence-corrected chi connectivity index (χ3v) is 22.2. The van der Waals surface area contributed by atoms with E-state index in [0.717, 1.165) is 20.6 Å². The molecule has 96 heavy (non-hydrogen) atoms. The average Bonchev–Trinajstić information content (AvgIpc) is 1.53. The second kappa shape index (κ2) is 21.2. The van der Waals surface area contributed by atoms with Crippen LogP contribution in [-0.2, 0) is 71.7 Å². The molecule has 16 rings (SSSR count). The lowest BCUT2D eigenvalue weighted by Gasteiger charge is -2.31. The molecule has 4 heterocycles. The first-order valence-electron chi connectivity index (χ1n) is 29.2. The van der Waals surface area contributed by atoms with E-state index in [1.807, 2.05) is 31.9 Å². The number of halogens is 10. The van der Waals surface area contributed by atoms with Crippen LogP contribution in [0.1, 0.15) is 44.9 Å². The van der Waals surface area contributed by atoms with Gasteiger partial charge in [-0.25, -0.2) is 67.9 Å². The minimum Gasteiger partial charge on any atom is -0.481 e. The number of hydrogen-bond acceptors (Lipinski definition) is 20. The number of esters is 3. The molecule has 0 aromatic heterocycles. The van der Waals surface area contributed by atoms with Gasteiger partial charge in [0.25, 0.3) is 53.2 Å². The summed E-state index contributed by atoms with van der Waals surface area (Å²) in [5.74, 6) is -40.7. The largest absolute Gasteiger partial charge is 0.481 e. The van der Waals surface area contributed by atoms with Crippen molar-refractivity contribution in [2.24, 2.45) is 112 Å². The van der Waals surface area contributed by atoms with Gasteiger partial charge in [-0.3, -0.25) is 74.0 Å². The van der Waals surface area contributed by atoms with Gasteiger partial charge in [-0.2, -0.15) is 0 Å². The van der Waals surface area contributed by atoms with Crippen LogP contribution in [0.5, 0.6) is 0 Å². The number of carboxylic acid groups (broad SMARTS) is 4. The molecule has 16 aliphatic rings. The summed E-state index contributed by atoms with van der Waals surface area (Å²) in [5.41, 5.74) is -6.84. The molecule has 0 bridgehead atoms. The van der Waals surface area contributed by atoms with Crippen LogP contribution in [0.15, 0.2) is 0 Å². The van der Waals surface area contributed by atoms with E-state index in [0.29, 0.717) is 12.3 Å². The van der Waals surface area contributed by atoms with Crippen LogP contribution >= 0.6 is 0 Å². The Balaban J connectivity index is 0.000000118. The molecule has 4 aliphatic heterocycles. The highest BCUT2D eigenvalue weighted by molar-refractivity contribution is 6.12. The number of hydrogen-bond donors (Lipinski definition) is 13. The predicted octanol–water partition coefficient (Wildman–Crippen LogP) is -1.48. The van der Waals surface area contributed by atoms with Crippen LogP contribution in [0.25, 0.3) is 0 Å². The van der Waals surface area contributed by atoms with Gasteiger partial charge in [-0.15, -0.1) is 0 Å². The van der Waals surface area contributed by atoms with Crippen molar-refractivity contribution in [3.8, 4) is 0 Å². The number of carbonyl (C=O) groups excluding carboxylic acids is 12. The fraction of sp³-hybridized carbons (Fsp3) is 0.704. The van der Waals surface area contributed by atoms with E-state index in [1.54, 1.807) is 10.6 Å². The van der Waals surface area contributed by atoms with Gasteiger partial charge < -0.3 is 61.6 Å². The molecule has 524 valence electrons. The predicted molar refractivity (Wildman–Crippen MR) is 276 cm³/mol. The zero-order valence-corrected chi connectivity index (χ0v) is 49.2. The molecule has 12 saturated carbocycles. The first kappa shape index (κ1) is 68.4. The molecule has 23 unspecified atom stereocenters. The molecule has 32 nitrogen and oxygen atoms in total. The molecule has 42 heteroatoms. The number of rotatable bonds is 7. The number of nitrogens with two attached hydrogens (primary N) is 1. The summed E-state index contributed by atoms with van der Waals surface area (Å²) < 4.78 is 151. The Morgan fingerprint density at radius 3 is 0.875 bits per heavy atom. The Hall–Kier alpha value is -9.02. The summed E-state index contributed by atoms with van der Waals surface area (Å²) >= 11 is 0. The van der Waals surface area contributed by atoms with Gasteiger partial charge in [0.2, 0.25) is 0 Å². The standard InChI is InChI=1S/2C10H10F2N2O4.2C9H8F2N2O4.C8H9F2NO4.C8H10O3/c2*1-18-6(15)4-3-2-9(11,12)10(5(3)4)7(16)13-8(17)14-10;2*10-8(11)1-2-3(5(14)15)4(2)9(8)6(16)12-7(17)13-9;9-7(10)1-2-3(5(12)13)4(2)8(7,11)6(14)15;1-11-8(10)7-4-2-3-5(9)6(4)7/h2*3-5H,2H2,1H3,(H2,13,14,16,17);2*2-4H,1H2,(H,14,15)(H2,12,13,16,17);2-4H,1,11H2,(H,12,13)(H,14,15);4,6-7H,2-3H2,1H3. The molecule has 4 spiro atoms. The fourth-order valence-electron chi connectivity index (χ4n) is 17.8. The Kier molecular flexibility index (Phi) is 15.1. The monoisotopic (exact) mass is 1390 g/mol. The lowest BCUT2D eigenvalue weighted by Crippen LogP contribution is -2.61. The molecular weight excluding hydrogens is 1330 g/mol. The minimum absolute atomic E-state index is 0.0300. The van der Waals surface area contributed by atoms with Gasteiger partial charge in [0.15, 0.2) is 27.7 Å². The Bertz CT molecular complexity index is 3470. The van der Waals surface area contributed by atoms with E-state index in [-0.39, 0.29) is 23.6 Å². The molecular formula is C54H55F10N9O23. The van der Waals surface area contributed by atoms with Crippen molar-refractivity contribution < 1.29 is 155 Å². The molecule has 14 N–H and O–H groups in total. The number of urea groups is 4. The highest BCUT2D eigenvalue weighted by Crippen LogP contribution is 2.72. The number of nitrogens with one attached hydrogen (secondary N) is 8. The van der Waals surface area contributed by atoms with E-state index >= 15 is 0 Å². The zero-order chi connectivity index (χ0) is 71.4. The van der Waals surface area contributed by atoms with Gasteiger partial charge in [-0.1, -0.05) is 0 Å². The number of ketones is 1. The first-order chi connectivity index (χ1) is 44.3. The van der Waals surface area contributed by atoms with E-state index < -0.39 is 262 Å². The summed E-state index contributed by atoms with van der Waals surface area (Å²) in [6.45, 7) is 0. The first-order valence-corrected chi connectivity index (χ1v) is 29.2. The van der Waals surface area contributed by atoms with Gasteiger partial charge in [0, 0.05) is 74.0 Å². The number of fused-ring (bicyclic) bond motifs is 10. The van der Waals surface area contributed by atoms with Crippen LogP contribution in [0.3, 0.4) is 0 Å².